The summed E-state index contributed by atoms with van der Waals surface area (Å²) in [6.45, 7) is 4.46. The van der Waals surface area contributed by atoms with Gasteiger partial charge >= 0.3 is 21.7 Å². The second-order valence-electron chi connectivity index (χ2n) is 8.69. The molecular weight excluding hydrogens is 527 g/mol. The Hall–Kier alpha value is -2.61. The molecule has 6 aromatic carbocycles. The molecule has 0 radical (unpaired) electrons. The first-order valence-corrected chi connectivity index (χ1v) is 12.3. The van der Waals surface area contributed by atoms with Crippen LogP contribution in [0.4, 0.5) is 0 Å². The van der Waals surface area contributed by atoms with Crippen LogP contribution in [0.2, 0.25) is 0 Å². The maximum Gasteiger partial charge on any atom is 4.00 e. The minimum Gasteiger partial charge on any atom is -1.00 e. The average Bonchev–Trinajstić information content (AvgIpc) is 3.48. The van der Waals surface area contributed by atoms with Gasteiger partial charge in [-0.05, 0) is 0 Å². The van der Waals surface area contributed by atoms with Gasteiger partial charge in [0.2, 0.25) is 0 Å². The molecular formula is C34H30Cl2Ti. The first kappa shape index (κ1) is 30.6. The van der Waals surface area contributed by atoms with E-state index in [0.717, 1.165) is 12.8 Å². The summed E-state index contributed by atoms with van der Waals surface area (Å²) in [4.78, 5) is 0. The molecule has 0 nitrogen and oxygen atoms in total. The molecule has 0 unspecified atom stereocenters. The van der Waals surface area contributed by atoms with Gasteiger partial charge in [0.25, 0.3) is 0 Å². The van der Waals surface area contributed by atoms with Gasteiger partial charge in [-0.15, -0.1) is 68.1 Å². The Morgan fingerprint density at radius 1 is 0.459 bits per heavy atom. The Bertz CT molecular complexity index is 1390. The largest absolute Gasteiger partial charge is 4.00 e. The SMILES string of the molecule is CCc1c(-c2ccccc2)[cH-]c2ccccc12.CCc1c(-c2ccccc2)[cH-]c2ccccc12.[Cl-].[Cl-].[Ti+4]. The van der Waals surface area contributed by atoms with Crippen LogP contribution in [-0.4, -0.2) is 0 Å². The van der Waals surface area contributed by atoms with E-state index in [2.05, 4.69) is 135 Å². The van der Waals surface area contributed by atoms with E-state index in [1.165, 1.54) is 54.9 Å². The summed E-state index contributed by atoms with van der Waals surface area (Å²) in [5.41, 5.74) is 8.34. The maximum absolute atomic E-state index is 2.31. The van der Waals surface area contributed by atoms with Gasteiger partial charge in [0.15, 0.2) is 0 Å². The van der Waals surface area contributed by atoms with Gasteiger partial charge in [-0.1, -0.05) is 135 Å². The van der Waals surface area contributed by atoms with Crippen LogP contribution < -0.4 is 24.8 Å². The summed E-state index contributed by atoms with van der Waals surface area (Å²) in [6.07, 6.45) is 2.16. The monoisotopic (exact) mass is 556 g/mol. The molecule has 0 N–H and O–H groups in total. The van der Waals surface area contributed by atoms with E-state index in [9.17, 15) is 0 Å². The van der Waals surface area contributed by atoms with Crippen molar-refractivity contribution in [1.82, 2.24) is 0 Å². The Kier molecular flexibility index (Phi) is 11.9. The molecule has 0 aliphatic rings. The molecule has 0 bridgehead atoms. The van der Waals surface area contributed by atoms with Crippen molar-refractivity contribution in [3.05, 3.63) is 132 Å². The van der Waals surface area contributed by atoms with E-state index < -0.39 is 0 Å². The van der Waals surface area contributed by atoms with Gasteiger partial charge in [0, 0.05) is 0 Å². The second kappa shape index (κ2) is 14.4. The molecule has 0 aliphatic heterocycles. The van der Waals surface area contributed by atoms with Crippen molar-refractivity contribution in [1.29, 1.82) is 0 Å². The Morgan fingerprint density at radius 3 is 1.14 bits per heavy atom. The number of hydrogen-bond donors (Lipinski definition) is 0. The van der Waals surface area contributed by atoms with Gasteiger partial charge in [-0.3, -0.25) is 0 Å². The predicted octanol–water partition coefficient (Wildman–Crippen LogP) is 3.58. The zero-order valence-electron chi connectivity index (χ0n) is 21.2. The third-order valence-corrected chi connectivity index (χ3v) is 6.70. The van der Waals surface area contributed by atoms with Crippen molar-refractivity contribution in [2.45, 2.75) is 26.7 Å². The molecule has 0 aromatic heterocycles. The standard InChI is InChI=1S/2C17H15.2ClH.Ti/c2*1-2-15-16-11-7-6-10-14(16)12-17(15)13-8-4-3-5-9-13;;;/h2*3-12H,2H2,1H3;2*1H;/q2*-1;;;+4/p-2. The molecule has 0 aliphatic carbocycles. The van der Waals surface area contributed by atoms with Gasteiger partial charge in [0.1, 0.15) is 0 Å². The first-order chi connectivity index (χ1) is 16.8. The summed E-state index contributed by atoms with van der Waals surface area (Å²) in [5, 5.41) is 5.49. The summed E-state index contributed by atoms with van der Waals surface area (Å²) < 4.78 is 0. The summed E-state index contributed by atoms with van der Waals surface area (Å²) in [6, 6.07) is 43.2. The third kappa shape index (κ3) is 6.46. The van der Waals surface area contributed by atoms with Crippen molar-refractivity contribution in [2.24, 2.45) is 0 Å². The first-order valence-electron chi connectivity index (χ1n) is 12.3. The second-order valence-corrected chi connectivity index (χ2v) is 8.69. The van der Waals surface area contributed by atoms with E-state index in [1.54, 1.807) is 0 Å². The fourth-order valence-electron chi connectivity index (χ4n) is 5.08. The number of halogens is 2. The van der Waals surface area contributed by atoms with E-state index in [0.29, 0.717) is 0 Å². The van der Waals surface area contributed by atoms with Crippen molar-refractivity contribution in [2.75, 3.05) is 0 Å². The molecule has 37 heavy (non-hydrogen) atoms. The van der Waals surface area contributed by atoms with Crippen molar-refractivity contribution >= 4 is 21.5 Å². The molecule has 0 spiro atoms. The van der Waals surface area contributed by atoms with Crippen molar-refractivity contribution < 1.29 is 46.5 Å². The van der Waals surface area contributed by atoms with E-state index >= 15 is 0 Å². The fourth-order valence-corrected chi connectivity index (χ4v) is 5.08. The minimum atomic E-state index is 0. The van der Waals surface area contributed by atoms with Gasteiger partial charge in [0.05, 0.1) is 0 Å². The van der Waals surface area contributed by atoms with Crippen LogP contribution in [0, 0.1) is 0 Å². The number of aryl methyl sites for hydroxylation is 2. The molecule has 0 saturated carbocycles. The quantitative estimate of drug-likeness (QED) is 0.230. The Morgan fingerprint density at radius 2 is 0.784 bits per heavy atom. The number of benzene rings is 4. The summed E-state index contributed by atoms with van der Waals surface area (Å²) in [7, 11) is 0. The smallest absolute Gasteiger partial charge is 1.00 e. The number of hydrogen-bond acceptors (Lipinski definition) is 0. The van der Waals surface area contributed by atoms with Crippen LogP contribution in [0.3, 0.4) is 0 Å². The number of rotatable bonds is 4. The van der Waals surface area contributed by atoms with E-state index in [-0.39, 0.29) is 46.5 Å². The topological polar surface area (TPSA) is 0 Å². The van der Waals surface area contributed by atoms with Crippen LogP contribution in [0.25, 0.3) is 43.8 Å². The van der Waals surface area contributed by atoms with Crippen LogP contribution >= 0.6 is 0 Å². The van der Waals surface area contributed by atoms with Gasteiger partial charge < -0.3 is 24.8 Å². The normalized spacial score (nSPS) is 10.0. The van der Waals surface area contributed by atoms with E-state index in [1.807, 2.05) is 0 Å². The Balaban J connectivity index is 0.000000241. The molecule has 3 heteroatoms. The van der Waals surface area contributed by atoms with Crippen LogP contribution in [0.15, 0.2) is 121 Å². The average molecular weight is 557 g/mol. The molecule has 0 heterocycles. The maximum atomic E-state index is 2.31. The zero-order chi connectivity index (χ0) is 23.3. The van der Waals surface area contributed by atoms with Crippen LogP contribution in [-0.2, 0) is 34.6 Å². The third-order valence-electron chi connectivity index (χ3n) is 6.70. The molecule has 0 amide bonds. The zero-order valence-corrected chi connectivity index (χ0v) is 24.3. The van der Waals surface area contributed by atoms with Crippen molar-refractivity contribution in [3.63, 3.8) is 0 Å². The number of fused-ring (bicyclic) bond motifs is 2. The van der Waals surface area contributed by atoms with Gasteiger partial charge in [-0.2, -0.15) is 0 Å². The van der Waals surface area contributed by atoms with E-state index in [4.69, 9.17) is 0 Å². The van der Waals surface area contributed by atoms with Crippen LogP contribution in [0.5, 0.6) is 0 Å². The van der Waals surface area contributed by atoms with Crippen molar-refractivity contribution in [3.8, 4) is 22.3 Å². The Labute approximate surface area is 248 Å². The van der Waals surface area contributed by atoms with Gasteiger partial charge in [-0.25, -0.2) is 0 Å². The molecule has 6 rings (SSSR count). The predicted molar refractivity (Wildman–Crippen MR) is 149 cm³/mol. The van der Waals surface area contributed by atoms with Crippen LogP contribution in [0.1, 0.15) is 25.0 Å². The summed E-state index contributed by atoms with van der Waals surface area (Å²) in [5.74, 6) is 0. The molecule has 184 valence electrons. The fraction of sp³-hybridized carbons (Fsp3) is 0.118. The minimum absolute atomic E-state index is 0. The molecule has 0 atom stereocenters. The molecule has 0 saturated heterocycles. The molecule has 0 fully saturated rings. The molecule has 6 aromatic rings. The summed E-state index contributed by atoms with van der Waals surface area (Å²) >= 11 is 0.